The number of methoxy groups -OCH3 is 4. The van der Waals surface area contributed by atoms with Crippen LogP contribution in [0.25, 0.3) is 32.7 Å². The minimum Gasteiger partial charge on any atom is -0.497 e. The Morgan fingerprint density at radius 2 is 1.30 bits per heavy atom. The van der Waals surface area contributed by atoms with E-state index >= 15 is 0 Å². The number of hydrogen-bond acceptors (Lipinski definition) is 7. The molecule has 11 heteroatoms. The summed E-state index contributed by atoms with van der Waals surface area (Å²) >= 11 is 0. The predicted molar refractivity (Wildman–Crippen MR) is 161 cm³/mol. The first-order valence-corrected chi connectivity index (χ1v) is 13.1. The fraction of sp³-hybridized carbons (Fsp3) is 0.188. The van der Waals surface area contributed by atoms with Gasteiger partial charge in [-0.15, -0.1) is 0 Å². The quantitative estimate of drug-likeness (QED) is 0.137. The molecule has 0 aliphatic carbocycles. The fourth-order valence-electron chi connectivity index (χ4n) is 4.71. The molecule has 220 valence electrons. The number of azide groups is 1. The molecule has 0 radical (unpaired) electrons. The molecule has 0 saturated carbocycles. The van der Waals surface area contributed by atoms with Crippen LogP contribution in [0.4, 0.5) is 0 Å². The van der Waals surface area contributed by atoms with Gasteiger partial charge in [0.25, 0.3) is 5.91 Å². The number of aromatic carboxylic acids is 1. The van der Waals surface area contributed by atoms with Crippen molar-refractivity contribution in [1.29, 1.82) is 0 Å². The number of carbonyl (C=O) groups excluding carboxylic acids is 1. The van der Waals surface area contributed by atoms with E-state index in [-0.39, 0.29) is 18.0 Å². The molecule has 4 aromatic carbocycles. The van der Waals surface area contributed by atoms with E-state index in [4.69, 9.17) is 24.5 Å². The maximum Gasteiger partial charge on any atom is 0.336 e. The summed E-state index contributed by atoms with van der Waals surface area (Å²) in [6, 6.07) is 21.4. The van der Waals surface area contributed by atoms with Gasteiger partial charge >= 0.3 is 5.97 Å². The Bertz CT molecular complexity index is 1710. The average Bonchev–Trinajstić information content (AvgIpc) is 3.18. The first-order chi connectivity index (χ1) is 20.8. The summed E-state index contributed by atoms with van der Waals surface area (Å²) in [5.74, 6) is 1.36. The summed E-state index contributed by atoms with van der Waals surface area (Å²) in [5, 5.41) is 15.9. The molecular weight excluding hydrogens is 552 g/mol. The van der Waals surface area contributed by atoms with E-state index < -0.39 is 5.97 Å². The molecule has 4 aromatic rings. The van der Waals surface area contributed by atoms with Gasteiger partial charge in [-0.1, -0.05) is 17.2 Å². The smallest absolute Gasteiger partial charge is 0.336 e. The second kappa shape index (κ2) is 13.8. The topological polar surface area (TPSA) is 152 Å². The van der Waals surface area contributed by atoms with Crippen molar-refractivity contribution in [1.82, 2.24) is 5.32 Å². The monoisotopic (exact) mass is 582 g/mol. The van der Waals surface area contributed by atoms with E-state index in [0.29, 0.717) is 46.0 Å². The van der Waals surface area contributed by atoms with Crippen molar-refractivity contribution < 1.29 is 33.6 Å². The fourth-order valence-corrected chi connectivity index (χ4v) is 4.71. The van der Waals surface area contributed by atoms with Crippen LogP contribution in [-0.4, -0.2) is 45.4 Å². The van der Waals surface area contributed by atoms with Crippen LogP contribution in [-0.2, 0) is 13.1 Å². The molecule has 0 bridgehead atoms. The van der Waals surface area contributed by atoms with Crippen LogP contribution in [0.2, 0.25) is 0 Å². The number of rotatable bonds is 8. The minimum atomic E-state index is -1.07. The van der Waals surface area contributed by atoms with E-state index in [1.807, 2.05) is 30.3 Å². The van der Waals surface area contributed by atoms with Crippen molar-refractivity contribution in [3.05, 3.63) is 105 Å². The average molecular weight is 583 g/mol. The van der Waals surface area contributed by atoms with Gasteiger partial charge in [-0.3, -0.25) is 4.79 Å². The predicted octanol–water partition coefficient (Wildman–Crippen LogP) is 6.49. The molecule has 1 aliphatic heterocycles. The zero-order chi connectivity index (χ0) is 30.9. The number of carboxylic acids is 1. The standard InChI is InChI=1S/C16H15N3O4.C16H15NO3/c1-22-11-3-5-13(10(7-11)9-18-19-17)14-6-4-12(23-2)8-15(14)16(20)21;1-19-11-3-5-13-10(7-11)9-17-16(18)15-8-12(20-2)4-6-14(13)15/h3-8H,9H2,1-2H3,(H,20,21);3-8H,9H2,1-2H3,(H,17,18). The van der Waals surface area contributed by atoms with Crippen LogP contribution >= 0.6 is 0 Å². The molecule has 1 heterocycles. The number of carbonyl (C=O) groups is 2. The third-order valence-electron chi connectivity index (χ3n) is 6.88. The molecule has 0 aromatic heterocycles. The highest BCUT2D eigenvalue weighted by Gasteiger charge is 2.21. The molecule has 0 saturated heterocycles. The maximum atomic E-state index is 12.2. The van der Waals surface area contributed by atoms with Crippen molar-refractivity contribution in [2.75, 3.05) is 28.4 Å². The summed E-state index contributed by atoms with van der Waals surface area (Å²) < 4.78 is 20.7. The number of fused-ring (bicyclic) bond motifs is 3. The molecule has 5 rings (SSSR count). The molecule has 0 fully saturated rings. The number of amides is 1. The number of nitrogens with one attached hydrogen (secondary N) is 1. The number of ether oxygens (including phenoxy) is 4. The molecule has 0 unspecified atom stereocenters. The third kappa shape index (κ3) is 6.80. The number of benzene rings is 4. The molecule has 0 spiro atoms. The Morgan fingerprint density at radius 1 is 0.767 bits per heavy atom. The summed E-state index contributed by atoms with van der Waals surface area (Å²) in [6.45, 7) is 0.580. The third-order valence-corrected chi connectivity index (χ3v) is 6.88. The van der Waals surface area contributed by atoms with Gasteiger partial charge in [-0.2, -0.15) is 0 Å². The largest absolute Gasteiger partial charge is 0.497 e. The number of carboxylic acid groups (broad SMARTS) is 1. The van der Waals surface area contributed by atoms with Crippen LogP contribution in [0.15, 0.2) is 77.9 Å². The van der Waals surface area contributed by atoms with Gasteiger partial charge in [0, 0.05) is 11.5 Å². The molecule has 43 heavy (non-hydrogen) atoms. The van der Waals surface area contributed by atoms with Crippen molar-refractivity contribution in [3.8, 4) is 45.3 Å². The normalized spacial score (nSPS) is 11.2. The number of nitrogens with zero attached hydrogens (tertiary/aromatic N) is 3. The second-order valence-electron chi connectivity index (χ2n) is 9.25. The first-order valence-electron chi connectivity index (χ1n) is 13.1. The first kappa shape index (κ1) is 30.3. The van der Waals surface area contributed by atoms with Gasteiger partial charge in [0.2, 0.25) is 0 Å². The highest BCUT2D eigenvalue weighted by molar-refractivity contribution is 6.03. The van der Waals surface area contributed by atoms with Crippen molar-refractivity contribution in [3.63, 3.8) is 0 Å². The summed E-state index contributed by atoms with van der Waals surface area (Å²) in [4.78, 5) is 26.5. The van der Waals surface area contributed by atoms with Crippen LogP contribution in [0, 0.1) is 0 Å². The van der Waals surface area contributed by atoms with Crippen molar-refractivity contribution in [2.45, 2.75) is 13.1 Å². The SMILES string of the molecule is COc1ccc(-c2ccc(OC)cc2C(=O)O)c(CN=[N+]=[N-])c1.COc1ccc2c(c1)CNC(=O)c1cc(OC)ccc1-2. The minimum absolute atomic E-state index is 0.0888. The van der Waals surface area contributed by atoms with E-state index in [2.05, 4.69) is 15.3 Å². The van der Waals surface area contributed by atoms with Crippen LogP contribution < -0.4 is 24.3 Å². The van der Waals surface area contributed by atoms with Crippen molar-refractivity contribution in [2.24, 2.45) is 5.11 Å². The zero-order valence-electron chi connectivity index (χ0n) is 24.1. The lowest BCUT2D eigenvalue weighted by Crippen LogP contribution is -2.21. The highest BCUT2D eigenvalue weighted by Crippen LogP contribution is 2.35. The summed E-state index contributed by atoms with van der Waals surface area (Å²) in [7, 11) is 6.23. The highest BCUT2D eigenvalue weighted by atomic mass is 16.5. The second-order valence-corrected chi connectivity index (χ2v) is 9.25. The lowest BCUT2D eigenvalue weighted by molar-refractivity contribution is 0.0697. The molecule has 11 nitrogen and oxygen atoms in total. The van der Waals surface area contributed by atoms with Gasteiger partial charge in [-0.05, 0) is 99.6 Å². The van der Waals surface area contributed by atoms with E-state index in [1.54, 1.807) is 50.6 Å². The molecule has 2 N–H and O–H groups in total. The molecule has 1 aliphatic rings. The van der Waals surface area contributed by atoms with Gasteiger partial charge < -0.3 is 29.4 Å². The van der Waals surface area contributed by atoms with Gasteiger partial charge in [-0.25, -0.2) is 4.79 Å². The number of hydrogen-bond donors (Lipinski definition) is 2. The van der Waals surface area contributed by atoms with Crippen molar-refractivity contribution >= 4 is 11.9 Å². The van der Waals surface area contributed by atoms with Crippen LogP contribution in [0.5, 0.6) is 23.0 Å². The molecule has 0 atom stereocenters. The van der Waals surface area contributed by atoms with Crippen LogP contribution in [0.1, 0.15) is 31.8 Å². The molecular formula is C32H30N4O7. The van der Waals surface area contributed by atoms with E-state index in [1.165, 1.54) is 20.3 Å². The zero-order valence-corrected chi connectivity index (χ0v) is 24.1. The summed E-state index contributed by atoms with van der Waals surface area (Å²) in [6.07, 6.45) is 0. The Kier molecular flexibility index (Phi) is 9.72. The lowest BCUT2D eigenvalue weighted by Gasteiger charge is -2.13. The van der Waals surface area contributed by atoms with Gasteiger partial charge in [0.1, 0.15) is 23.0 Å². The Balaban J connectivity index is 0.000000198. The Labute approximate surface area is 248 Å². The van der Waals surface area contributed by atoms with Gasteiger partial charge in [0.05, 0.1) is 46.1 Å². The molecule has 1 amide bonds. The van der Waals surface area contributed by atoms with Crippen LogP contribution in [0.3, 0.4) is 0 Å². The van der Waals surface area contributed by atoms with Gasteiger partial charge in [0.15, 0.2) is 0 Å². The van der Waals surface area contributed by atoms with E-state index in [9.17, 15) is 14.7 Å². The van der Waals surface area contributed by atoms with E-state index in [0.717, 1.165) is 22.4 Å². The maximum absolute atomic E-state index is 12.2. The Morgan fingerprint density at radius 3 is 1.91 bits per heavy atom. The summed E-state index contributed by atoms with van der Waals surface area (Å²) in [5.41, 5.74) is 14.1. The lowest BCUT2D eigenvalue weighted by atomic mass is 9.95. The Hall–Kier alpha value is -5.67.